The number of carbonyl (C=O) groups is 1. The molecule has 0 aliphatic rings. The maximum atomic E-state index is 13.0. The Hall–Kier alpha value is -2.71. The largest absolute Gasteiger partial charge is 0.456 e. The minimum atomic E-state index is -3.73. The van der Waals surface area contributed by atoms with E-state index in [9.17, 15) is 13.2 Å². The summed E-state index contributed by atoms with van der Waals surface area (Å²) in [5.74, 6) is -0.523. The van der Waals surface area contributed by atoms with Crippen LogP contribution in [0.15, 0.2) is 64.9 Å². The first-order valence-electron chi connectivity index (χ1n) is 8.68. The second-order valence-corrected chi connectivity index (χ2v) is 8.89. The zero-order valence-electron chi connectivity index (χ0n) is 15.5. The molecule has 0 spiro atoms. The van der Waals surface area contributed by atoms with Gasteiger partial charge in [0.05, 0.1) is 26.8 Å². The molecule has 2 aromatic carbocycles. The molecular formula is C20H20N2O4S2. The molecule has 0 amide bonds. The Kier molecular flexibility index (Phi) is 6.11. The fraction of sp³-hybridized carbons (Fsp3) is 0.200. The highest BCUT2D eigenvalue weighted by Crippen LogP contribution is 2.23. The molecule has 0 radical (unpaired) electrons. The van der Waals surface area contributed by atoms with Gasteiger partial charge in [-0.25, -0.2) is 18.2 Å². The maximum absolute atomic E-state index is 13.0. The lowest BCUT2D eigenvalue weighted by Gasteiger charge is -2.22. The summed E-state index contributed by atoms with van der Waals surface area (Å²) in [6.07, 6.45) is 0. The maximum Gasteiger partial charge on any atom is 0.338 e. The van der Waals surface area contributed by atoms with Crippen LogP contribution in [-0.4, -0.2) is 25.9 Å². The highest BCUT2D eigenvalue weighted by molar-refractivity contribution is 7.92. The second-order valence-electron chi connectivity index (χ2n) is 5.96. The molecule has 6 nitrogen and oxygen atoms in total. The number of anilines is 1. The number of sulfonamides is 1. The number of hydrogen-bond donors (Lipinski definition) is 0. The highest BCUT2D eigenvalue weighted by atomic mass is 32.2. The van der Waals surface area contributed by atoms with Gasteiger partial charge in [0, 0.05) is 11.9 Å². The number of esters is 1. The van der Waals surface area contributed by atoms with E-state index in [1.165, 1.54) is 39.9 Å². The molecule has 0 unspecified atom stereocenters. The number of rotatable bonds is 7. The molecule has 0 bridgehead atoms. The third kappa shape index (κ3) is 4.40. The van der Waals surface area contributed by atoms with E-state index in [0.29, 0.717) is 17.9 Å². The third-order valence-electron chi connectivity index (χ3n) is 4.03. The van der Waals surface area contributed by atoms with E-state index >= 15 is 0 Å². The van der Waals surface area contributed by atoms with Gasteiger partial charge in [-0.2, -0.15) is 0 Å². The standard InChI is InChI=1S/C20H20N2O4S2/c1-3-22(18-7-5-4-6-8-18)28(24,25)19-11-9-16(10-12-19)20(23)26-13-17-14-27-15(2)21-17/h4-12,14H,3,13H2,1-2H3. The summed E-state index contributed by atoms with van der Waals surface area (Å²) in [4.78, 5) is 16.5. The van der Waals surface area contributed by atoms with E-state index in [2.05, 4.69) is 4.98 Å². The van der Waals surface area contributed by atoms with E-state index < -0.39 is 16.0 Å². The van der Waals surface area contributed by atoms with E-state index in [1.54, 1.807) is 31.2 Å². The fourth-order valence-electron chi connectivity index (χ4n) is 2.67. The molecule has 0 aliphatic carbocycles. The first-order valence-corrected chi connectivity index (χ1v) is 11.0. The lowest BCUT2D eigenvalue weighted by atomic mass is 10.2. The van der Waals surface area contributed by atoms with Crippen molar-refractivity contribution in [3.8, 4) is 0 Å². The number of aryl methyl sites for hydroxylation is 1. The summed E-state index contributed by atoms with van der Waals surface area (Å²) >= 11 is 1.49. The number of hydrogen-bond acceptors (Lipinski definition) is 6. The normalized spacial score (nSPS) is 11.2. The van der Waals surface area contributed by atoms with E-state index in [-0.39, 0.29) is 17.1 Å². The molecule has 0 aliphatic heterocycles. The van der Waals surface area contributed by atoms with Crippen molar-refractivity contribution in [2.45, 2.75) is 25.3 Å². The van der Waals surface area contributed by atoms with Gasteiger partial charge >= 0.3 is 5.97 Å². The summed E-state index contributed by atoms with van der Waals surface area (Å²) in [5.41, 5.74) is 1.57. The van der Waals surface area contributed by atoms with Crippen LogP contribution in [0.3, 0.4) is 0 Å². The lowest BCUT2D eigenvalue weighted by Crippen LogP contribution is -2.30. The number of ether oxygens (including phenoxy) is 1. The molecule has 3 rings (SSSR count). The van der Waals surface area contributed by atoms with Crippen molar-refractivity contribution in [3.05, 3.63) is 76.2 Å². The molecule has 3 aromatic rings. The second kappa shape index (κ2) is 8.53. The van der Waals surface area contributed by atoms with Crippen molar-refractivity contribution < 1.29 is 17.9 Å². The molecule has 0 saturated heterocycles. The number of para-hydroxylation sites is 1. The average Bonchev–Trinajstić information content (AvgIpc) is 3.12. The van der Waals surface area contributed by atoms with Gasteiger partial charge in [-0.05, 0) is 50.2 Å². The minimum absolute atomic E-state index is 0.0842. The molecule has 0 N–H and O–H groups in total. The molecule has 0 atom stereocenters. The van der Waals surface area contributed by atoms with Crippen LogP contribution in [0.1, 0.15) is 28.0 Å². The number of nitrogens with zero attached hydrogens (tertiary/aromatic N) is 2. The summed E-state index contributed by atoms with van der Waals surface area (Å²) < 4.78 is 32.5. The van der Waals surface area contributed by atoms with Gasteiger partial charge in [0.2, 0.25) is 0 Å². The van der Waals surface area contributed by atoms with Gasteiger partial charge in [-0.3, -0.25) is 4.31 Å². The van der Waals surface area contributed by atoms with Gasteiger partial charge < -0.3 is 4.74 Å². The fourth-order valence-corrected chi connectivity index (χ4v) is 4.74. The van der Waals surface area contributed by atoms with Gasteiger partial charge in [0.1, 0.15) is 6.61 Å². The van der Waals surface area contributed by atoms with Crippen LogP contribution < -0.4 is 4.31 Å². The zero-order valence-corrected chi connectivity index (χ0v) is 17.2. The number of carbonyl (C=O) groups excluding carboxylic acids is 1. The Labute approximate surface area is 168 Å². The van der Waals surface area contributed by atoms with Crippen LogP contribution in [0.5, 0.6) is 0 Å². The average molecular weight is 417 g/mol. The Bertz CT molecular complexity index is 1050. The molecular weight excluding hydrogens is 396 g/mol. The lowest BCUT2D eigenvalue weighted by molar-refractivity contribution is 0.0468. The van der Waals surface area contributed by atoms with E-state index in [0.717, 1.165) is 5.01 Å². The van der Waals surface area contributed by atoms with Gasteiger partial charge in [-0.15, -0.1) is 11.3 Å². The SMILES string of the molecule is CCN(c1ccccc1)S(=O)(=O)c1ccc(C(=O)OCc2csc(C)n2)cc1. The van der Waals surface area contributed by atoms with Gasteiger partial charge in [-0.1, -0.05) is 18.2 Å². The van der Waals surface area contributed by atoms with E-state index in [1.807, 2.05) is 18.4 Å². The molecule has 146 valence electrons. The predicted molar refractivity (Wildman–Crippen MR) is 109 cm³/mol. The number of benzene rings is 2. The Morgan fingerprint density at radius 1 is 1.11 bits per heavy atom. The molecule has 28 heavy (non-hydrogen) atoms. The Balaban J connectivity index is 1.74. The zero-order chi connectivity index (χ0) is 20.1. The molecule has 1 aromatic heterocycles. The topological polar surface area (TPSA) is 76.6 Å². The minimum Gasteiger partial charge on any atom is -0.456 e. The Morgan fingerprint density at radius 3 is 2.36 bits per heavy atom. The number of thiazole rings is 1. The van der Waals surface area contributed by atoms with Gasteiger partial charge in [0.15, 0.2) is 0 Å². The van der Waals surface area contributed by atoms with Crippen molar-refractivity contribution in [1.82, 2.24) is 4.98 Å². The summed E-state index contributed by atoms with van der Waals surface area (Å²) in [7, 11) is -3.73. The van der Waals surface area contributed by atoms with Crippen molar-refractivity contribution in [1.29, 1.82) is 0 Å². The quantitative estimate of drug-likeness (QED) is 0.544. The Morgan fingerprint density at radius 2 is 1.79 bits per heavy atom. The molecule has 8 heteroatoms. The van der Waals surface area contributed by atoms with Crippen LogP contribution in [-0.2, 0) is 21.4 Å². The van der Waals surface area contributed by atoms with Gasteiger partial charge in [0.25, 0.3) is 10.0 Å². The van der Waals surface area contributed by atoms with E-state index in [4.69, 9.17) is 4.74 Å². The molecule has 0 fully saturated rings. The first kappa shape index (κ1) is 20.0. The smallest absolute Gasteiger partial charge is 0.338 e. The van der Waals surface area contributed by atoms with Crippen LogP contribution in [0.4, 0.5) is 5.69 Å². The van der Waals surface area contributed by atoms with Crippen molar-refractivity contribution >= 4 is 33.0 Å². The van der Waals surface area contributed by atoms with Crippen LogP contribution in [0, 0.1) is 6.92 Å². The number of aromatic nitrogens is 1. The van der Waals surface area contributed by atoms with Crippen LogP contribution in [0.25, 0.3) is 0 Å². The van der Waals surface area contributed by atoms with Crippen molar-refractivity contribution in [2.75, 3.05) is 10.8 Å². The van der Waals surface area contributed by atoms with Crippen molar-refractivity contribution in [2.24, 2.45) is 0 Å². The monoisotopic (exact) mass is 416 g/mol. The third-order valence-corrected chi connectivity index (χ3v) is 6.77. The summed E-state index contributed by atoms with van der Waals surface area (Å²) in [5, 5.41) is 2.74. The predicted octanol–water partition coefficient (Wildman–Crippen LogP) is 4.02. The summed E-state index contributed by atoms with van der Waals surface area (Å²) in [6, 6.07) is 14.7. The van der Waals surface area contributed by atoms with Crippen LogP contribution >= 0.6 is 11.3 Å². The highest BCUT2D eigenvalue weighted by Gasteiger charge is 2.23. The first-order chi connectivity index (χ1) is 13.4. The van der Waals surface area contributed by atoms with Crippen molar-refractivity contribution in [3.63, 3.8) is 0 Å². The molecule has 0 saturated carbocycles. The molecule has 1 heterocycles. The van der Waals surface area contributed by atoms with Crippen LogP contribution in [0.2, 0.25) is 0 Å². The summed E-state index contributed by atoms with van der Waals surface area (Å²) in [6.45, 7) is 4.03.